The van der Waals surface area contributed by atoms with E-state index in [4.69, 9.17) is 6.42 Å². The molecule has 56 valence electrons. The zero-order valence-electron chi connectivity index (χ0n) is 6.55. The fraction of sp³-hybridized carbons (Fsp3) is 0.625. The standard InChI is InChI=1S/C8H13NO/c1-4-7-9(6-3)8(10)5-2/h1H,5-7H2,2-3H3. The monoisotopic (exact) mass is 139 g/mol. The third kappa shape index (κ3) is 2.54. The minimum absolute atomic E-state index is 0.125. The van der Waals surface area contributed by atoms with Gasteiger partial charge in [-0.25, -0.2) is 0 Å². The van der Waals surface area contributed by atoms with Crippen LogP contribution in [0.25, 0.3) is 0 Å². The van der Waals surface area contributed by atoms with Crippen LogP contribution in [0.2, 0.25) is 0 Å². The molecule has 0 bridgehead atoms. The Labute approximate surface area is 62.2 Å². The van der Waals surface area contributed by atoms with Crippen LogP contribution < -0.4 is 0 Å². The molecule has 1 amide bonds. The highest BCUT2D eigenvalue weighted by molar-refractivity contribution is 5.76. The fourth-order valence-corrected chi connectivity index (χ4v) is 0.710. The maximum atomic E-state index is 11.0. The molecule has 0 spiro atoms. The van der Waals surface area contributed by atoms with Gasteiger partial charge in [-0.15, -0.1) is 6.42 Å². The SMILES string of the molecule is C#CCN(CC)C(=O)CC. The molecule has 2 nitrogen and oxygen atoms in total. The fourth-order valence-electron chi connectivity index (χ4n) is 0.710. The van der Waals surface area contributed by atoms with Gasteiger partial charge in [0.15, 0.2) is 0 Å². The smallest absolute Gasteiger partial charge is 0.223 e. The van der Waals surface area contributed by atoms with Gasteiger partial charge in [-0.3, -0.25) is 4.79 Å². The van der Waals surface area contributed by atoms with Crippen molar-refractivity contribution in [3.05, 3.63) is 0 Å². The summed E-state index contributed by atoms with van der Waals surface area (Å²) in [5.41, 5.74) is 0. The summed E-state index contributed by atoms with van der Waals surface area (Å²) in [7, 11) is 0. The van der Waals surface area contributed by atoms with Crippen LogP contribution in [0.4, 0.5) is 0 Å². The van der Waals surface area contributed by atoms with Crippen molar-refractivity contribution in [1.29, 1.82) is 0 Å². The molecule has 0 aliphatic carbocycles. The minimum Gasteiger partial charge on any atom is -0.332 e. The van der Waals surface area contributed by atoms with E-state index in [0.717, 1.165) is 0 Å². The molecule has 0 saturated carbocycles. The summed E-state index contributed by atoms with van der Waals surface area (Å²) in [6.07, 6.45) is 5.59. The zero-order valence-corrected chi connectivity index (χ0v) is 6.55. The number of nitrogens with zero attached hydrogens (tertiary/aromatic N) is 1. The van der Waals surface area contributed by atoms with Crippen LogP contribution in [0.15, 0.2) is 0 Å². The number of hydrogen-bond acceptors (Lipinski definition) is 1. The van der Waals surface area contributed by atoms with E-state index in [2.05, 4.69) is 5.92 Å². The van der Waals surface area contributed by atoms with Crippen molar-refractivity contribution in [1.82, 2.24) is 4.90 Å². The number of rotatable bonds is 3. The van der Waals surface area contributed by atoms with Crippen molar-refractivity contribution in [2.75, 3.05) is 13.1 Å². The van der Waals surface area contributed by atoms with E-state index in [1.807, 2.05) is 13.8 Å². The van der Waals surface area contributed by atoms with Gasteiger partial charge in [0.05, 0.1) is 6.54 Å². The summed E-state index contributed by atoms with van der Waals surface area (Å²) in [4.78, 5) is 12.6. The average Bonchev–Trinajstić information content (AvgIpc) is 1.99. The zero-order chi connectivity index (χ0) is 7.98. The minimum atomic E-state index is 0.125. The molecule has 0 saturated heterocycles. The van der Waals surface area contributed by atoms with Gasteiger partial charge in [-0.1, -0.05) is 12.8 Å². The first-order chi connectivity index (χ1) is 4.76. The molecule has 0 aromatic heterocycles. The molecule has 0 aliphatic rings. The Bertz CT molecular complexity index is 146. The van der Waals surface area contributed by atoms with Crippen molar-refractivity contribution in [3.63, 3.8) is 0 Å². The summed E-state index contributed by atoms with van der Waals surface area (Å²) in [5.74, 6) is 2.56. The van der Waals surface area contributed by atoms with Gasteiger partial charge in [0.2, 0.25) is 5.91 Å². The lowest BCUT2D eigenvalue weighted by atomic mass is 10.4. The second-order valence-electron chi connectivity index (χ2n) is 1.97. The molecule has 2 heteroatoms. The van der Waals surface area contributed by atoms with Crippen LogP contribution >= 0.6 is 0 Å². The molecular formula is C8H13NO. The Hall–Kier alpha value is -0.970. The lowest BCUT2D eigenvalue weighted by Crippen LogP contribution is -2.30. The van der Waals surface area contributed by atoms with Gasteiger partial charge in [0, 0.05) is 13.0 Å². The van der Waals surface area contributed by atoms with Crippen molar-refractivity contribution in [2.24, 2.45) is 0 Å². The molecule has 0 atom stereocenters. The molecular weight excluding hydrogens is 126 g/mol. The molecule has 0 aromatic carbocycles. The number of carbonyl (C=O) groups excluding carboxylic acids is 1. The summed E-state index contributed by atoms with van der Waals surface area (Å²) in [6, 6.07) is 0. The Kier molecular flexibility index (Phi) is 4.39. The van der Waals surface area contributed by atoms with Crippen molar-refractivity contribution in [2.45, 2.75) is 20.3 Å². The Morgan fingerprint density at radius 1 is 1.60 bits per heavy atom. The highest BCUT2D eigenvalue weighted by Crippen LogP contribution is 1.91. The van der Waals surface area contributed by atoms with Crippen molar-refractivity contribution in [3.8, 4) is 12.3 Å². The van der Waals surface area contributed by atoms with Crippen molar-refractivity contribution >= 4 is 5.91 Å². The van der Waals surface area contributed by atoms with Crippen LogP contribution in [0, 0.1) is 12.3 Å². The number of amides is 1. The van der Waals surface area contributed by atoms with Gasteiger partial charge in [0.1, 0.15) is 0 Å². The lowest BCUT2D eigenvalue weighted by Gasteiger charge is -2.16. The third-order valence-corrected chi connectivity index (χ3v) is 1.32. The Morgan fingerprint density at radius 2 is 2.20 bits per heavy atom. The predicted octanol–water partition coefficient (Wildman–Crippen LogP) is 0.878. The van der Waals surface area contributed by atoms with Gasteiger partial charge < -0.3 is 4.90 Å². The second-order valence-corrected chi connectivity index (χ2v) is 1.97. The van der Waals surface area contributed by atoms with Gasteiger partial charge in [0.25, 0.3) is 0 Å². The number of hydrogen-bond donors (Lipinski definition) is 0. The van der Waals surface area contributed by atoms with E-state index in [0.29, 0.717) is 19.5 Å². The molecule has 0 fully saturated rings. The topological polar surface area (TPSA) is 20.3 Å². The van der Waals surface area contributed by atoms with Crippen LogP contribution in [-0.2, 0) is 4.79 Å². The van der Waals surface area contributed by atoms with E-state index in [-0.39, 0.29) is 5.91 Å². The second kappa shape index (κ2) is 4.87. The quantitative estimate of drug-likeness (QED) is 0.531. The van der Waals surface area contributed by atoms with E-state index in [1.165, 1.54) is 0 Å². The Morgan fingerprint density at radius 3 is 2.50 bits per heavy atom. The molecule has 0 aliphatic heterocycles. The molecule has 0 N–H and O–H groups in total. The van der Waals surface area contributed by atoms with Gasteiger partial charge in [-0.2, -0.15) is 0 Å². The Balaban J connectivity index is 3.83. The van der Waals surface area contributed by atoms with Crippen LogP contribution in [0.5, 0.6) is 0 Å². The molecule has 0 rings (SSSR count). The summed E-state index contributed by atoms with van der Waals surface area (Å²) in [6.45, 7) is 4.90. The van der Waals surface area contributed by atoms with E-state index >= 15 is 0 Å². The number of terminal acetylenes is 1. The normalized spacial score (nSPS) is 8.50. The molecule has 0 heterocycles. The molecule has 0 aromatic rings. The molecule has 0 unspecified atom stereocenters. The van der Waals surface area contributed by atoms with Crippen LogP contribution in [0.3, 0.4) is 0 Å². The summed E-state index contributed by atoms with van der Waals surface area (Å²) >= 11 is 0. The molecule has 0 radical (unpaired) electrons. The van der Waals surface area contributed by atoms with Crippen LogP contribution in [0.1, 0.15) is 20.3 Å². The van der Waals surface area contributed by atoms with E-state index in [9.17, 15) is 4.79 Å². The first kappa shape index (κ1) is 9.03. The molecule has 10 heavy (non-hydrogen) atoms. The first-order valence-corrected chi connectivity index (χ1v) is 3.47. The van der Waals surface area contributed by atoms with Crippen LogP contribution in [-0.4, -0.2) is 23.9 Å². The maximum absolute atomic E-state index is 11.0. The van der Waals surface area contributed by atoms with Gasteiger partial charge >= 0.3 is 0 Å². The third-order valence-electron chi connectivity index (χ3n) is 1.32. The first-order valence-electron chi connectivity index (χ1n) is 3.47. The number of carbonyl (C=O) groups is 1. The highest BCUT2D eigenvalue weighted by Gasteiger charge is 2.05. The van der Waals surface area contributed by atoms with Gasteiger partial charge in [-0.05, 0) is 6.92 Å². The van der Waals surface area contributed by atoms with E-state index in [1.54, 1.807) is 4.90 Å². The largest absolute Gasteiger partial charge is 0.332 e. The summed E-state index contributed by atoms with van der Waals surface area (Å²) < 4.78 is 0. The predicted molar refractivity (Wildman–Crippen MR) is 41.4 cm³/mol. The average molecular weight is 139 g/mol. The lowest BCUT2D eigenvalue weighted by molar-refractivity contribution is -0.130. The van der Waals surface area contributed by atoms with Crippen molar-refractivity contribution < 1.29 is 4.79 Å². The van der Waals surface area contributed by atoms with E-state index < -0.39 is 0 Å². The highest BCUT2D eigenvalue weighted by atomic mass is 16.2. The summed E-state index contributed by atoms with van der Waals surface area (Å²) in [5, 5.41) is 0. The maximum Gasteiger partial charge on any atom is 0.223 e.